The largest absolute Gasteiger partial charge is 0.383 e. The van der Waals surface area contributed by atoms with Gasteiger partial charge in [0.25, 0.3) is 0 Å². The first kappa shape index (κ1) is 15.9. The van der Waals surface area contributed by atoms with Crippen molar-refractivity contribution in [1.29, 1.82) is 0 Å². The lowest BCUT2D eigenvalue weighted by molar-refractivity contribution is 0.0537. The fraction of sp³-hybridized carbons (Fsp3) is 1.00. The standard InChI is InChI=1S/C15H32N2O/c1-13(2)17(8-9-18-4)12-15(11-16)7-5-6-14(3)10-15/h13-14H,5-12,16H2,1-4H3. The van der Waals surface area contributed by atoms with Crippen molar-refractivity contribution in [2.45, 2.75) is 52.5 Å². The van der Waals surface area contributed by atoms with E-state index in [1.54, 1.807) is 7.11 Å². The van der Waals surface area contributed by atoms with Crippen molar-refractivity contribution in [3.05, 3.63) is 0 Å². The molecule has 0 aromatic heterocycles. The Kier molecular flexibility index (Phi) is 6.61. The summed E-state index contributed by atoms with van der Waals surface area (Å²) in [4.78, 5) is 2.54. The number of hydrogen-bond acceptors (Lipinski definition) is 3. The van der Waals surface area contributed by atoms with Crippen LogP contribution in [0.3, 0.4) is 0 Å². The molecule has 3 nitrogen and oxygen atoms in total. The van der Waals surface area contributed by atoms with E-state index in [1.165, 1.54) is 25.7 Å². The van der Waals surface area contributed by atoms with Gasteiger partial charge in [0.15, 0.2) is 0 Å². The lowest BCUT2D eigenvalue weighted by Gasteiger charge is -2.43. The fourth-order valence-electron chi connectivity index (χ4n) is 3.32. The molecule has 1 saturated carbocycles. The molecule has 0 aromatic rings. The van der Waals surface area contributed by atoms with E-state index >= 15 is 0 Å². The molecule has 2 unspecified atom stereocenters. The molecule has 18 heavy (non-hydrogen) atoms. The third-order valence-electron chi connectivity index (χ3n) is 4.47. The van der Waals surface area contributed by atoms with Crippen LogP contribution in [0.2, 0.25) is 0 Å². The van der Waals surface area contributed by atoms with Gasteiger partial charge >= 0.3 is 0 Å². The number of hydrogen-bond donors (Lipinski definition) is 1. The molecule has 108 valence electrons. The number of methoxy groups -OCH3 is 1. The van der Waals surface area contributed by atoms with E-state index in [-0.39, 0.29) is 0 Å². The van der Waals surface area contributed by atoms with Crippen molar-refractivity contribution in [3.63, 3.8) is 0 Å². The minimum atomic E-state index is 0.343. The number of nitrogens with two attached hydrogens (primary N) is 1. The second-order valence-electron chi connectivity index (χ2n) is 6.46. The molecule has 0 saturated heterocycles. The van der Waals surface area contributed by atoms with E-state index in [4.69, 9.17) is 10.5 Å². The van der Waals surface area contributed by atoms with E-state index in [9.17, 15) is 0 Å². The van der Waals surface area contributed by atoms with Crippen LogP contribution in [0.15, 0.2) is 0 Å². The van der Waals surface area contributed by atoms with Gasteiger partial charge in [0.1, 0.15) is 0 Å². The Labute approximate surface area is 113 Å². The molecule has 2 N–H and O–H groups in total. The van der Waals surface area contributed by atoms with Crippen molar-refractivity contribution < 1.29 is 4.74 Å². The van der Waals surface area contributed by atoms with Gasteiger partial charge in [-0.15, -0.1) is 0 Å². The summed E-state index contributed by atoms with van der Waals surface area (Å²) in [6.45, 7) is 10.7. The molecule has 0 aliphatic heterocycles. The number of nitrogens with zero attached hydrogens (tertiary/aromatic N) is 1. The third kappa shape index (κ3) is 4.52. The monoisotopic (exact) mass is 256 g/mol. The Morgan fingerprint density at radius 3 is 2.67 bits per heavy atom. The molecular formula is C15H32N2O. The van der Waals surface area contributed by atoms with Crippen LogP contribution in [0.1, 0.15) is 46.5 Å². The van der Waals surface area contributed by atoms with E-state index in [0.29, 0.717) is 11.5 Å². The highest BCUT2D eigenvalue weighted by molar-refractivity contribution is 4.89. The first-order valence-electron chi connectivity index (χ1n) is 7.46. The van der Waals surface area contributed by atoms with E-state index in [0.717, 1.165) is 32.2 Å². The minimum absolute atomic E-state index is 0.343. The van der Waals surface area contributed by atoms with Crippen LogP contribution in [0.25, 0.3) is 0 Å². The molecule has 2 atom stereocenters. The van der Waals surface area contributed by atoms with Crippen LogP contribution in [0, 0.1) is 11.3 Å². The topological polar surface area (TPSA) is 38.5 Å². The SMILES string of the molecule is COCCN(CC1(CN)CCCC(C)C1)C(C)C. The molecule has 0 amide bonds. The van der Waals surface area contributed by atoms with Gasteiger partial charge in [-0.25, -0.2) is 0 Å². The molecule has 3 heteroatoms. The average Bonchev–Trinajstić information content (AvgIpc) is 2.34. The van der Waals surface area contributed by atoms with Crippen molar-refractivity contribution in [3.8, 4) is 0 Å². The van der Waals surface area contributed by atoms with E-state index in [1.807, 2.05) is 0 Å². The molecule has 1 aliphatic rings. The molecule has 0 bridgehead atoms. The van der Waals surface area contributed by atoms with Gasteiger partial charge < -0.3 is 10.5 Å². The van der Waals surface area contributed by atoms with Crippen LogP contribution in [0.4, 0.5) is 0 Å². The zero-order chi connectivity index (χ0) is 13.6. The molecular weight excluding hydrogens is 224 g/mol. The lowest BCUT2D eigenvalue weighted by atomic mass is 9.69. The molecule has 1 aliphatic carbocycles. The van der Waals surface area contributed by atoms with Crippen LogP contribution in [-0.2, 0) is 4.74 Å². The van der Waals surface area contributed by atoms with E-state index < -0.39 is 0 Å². The Hall–Kier alpha value is -0.120. The highest BCUT2D eigenvalue weighted by atomic mass is 16.5. The van der Waals surface area contributed by atoms with Gasteiger partial charge in [-0.3, -0.25) is 4.90 Å². The normalized spacial score (nSPS) is 29.2. The summed E-state index contributed by atoms with van der Waals surface area (Å²) < 4.78 is 5.23. The molecule has 0 radical (unpaired) electrons. The molecule has 1 rings (SSSR count). The third-order valence-corrected chi connectivity index (χ3v) is 4.47. The van der Waals surface area contributed by atoms with Gasteiger partial charge in [0, 0.05) is 26.2 Å². The van der Waals surface area contributed by atoms with E-state index in [2.05, 4.69) is 25.7 Å². The molecule has 0 heterocycles. The maximum Gasteiger partial charge on any atom is 0.0589 e. The Morgan fingerprint density at radius 1 is 1.44 bits per heavy atom. The summed E-state index contributed by atoms with van der Waals surface area (Å²) >= 11 is 0. The van der Waals surface area contributed by atoms with Crippen molar-refractivity contribution in [1.82, 2.24) is 4.90 Å². The summed E-state index contributed by atoms with van der Waals surface area (Å²) in [7, 11) is 1.78. The van der Waals surface area contributed by atoms with Crippen LogP contribution in [-0.4, -0.2) is 44.3 Å². The van der Waals surface area contributed by atoms with Crippen LogP contribution in [0.5, 0.6) is 0 Å². The molecule has 0 spiro atoms. The molecule has 1 fully saturated rings. The van der Waals surface area contributed by atoms with Crippen molar-refractivity contribution in [2.24, 2.45) is 17.1 Å². The van der Waals surface area contributed by atoms with Crippen LogP contribution >= 0.6 is 0 Å². The second kappa shape index (κ2) is 7.46. The molecule has 0 aromatic carbocycles. The van der Waals surface area contributed by atoms with Gasteiger partial charge in [-0.05, 0) is 44.6 Å². The predicted octanol–water partition coefficient (Wildman–Crippen LogP) is 2.50. The van der Waals surface area contributed by atoms with Gasteiger partial charge in [-0.2, -0.15) is 0 Å². The maximum absolute atomic E-state index is 6.12. The summed E-state index contributed by atoms with van der Waals surface area (Å²) in [6, 6.07) is 0.570. The Morgan fingerprint density at radius 2 is 2.17 bits per heavy atom. The summed E-state index contributed by atoms with van der Waals surface area (Å²) in [6.07, 6.45) is 5.31. The summed E-state index contributed by atoms with van der Waals surface area (Å²) in [5, 5.41) is 0. The van der Waals surface area contributed by atoms with Crippen molar-refractivity contribution >= 4 is 0 Å². The highest BCUT2D eigenvalue weighted by Gasteiger charge is 2.35. The quantitative estimate of drug-likeness (QED) is 0.760. The zero-order valence-corrected chi connectivity index (χ0v) is 12.7. The second-order valence-corrected chi connectivity index (χ2v) is 6.46. The zero-order valence-electron chi connectivity index (χ0n) is 12.7. The Balaban J connectivity index is 2.62. The minimum Gasteiger partial charge on any atom is -0.383 e. The van der Waals surface area contributed by atoms with Crippen LogP contribution < -0.4 is 5.73 Å². The fourth-order valence-corrected chi connectivity index (χ4v) is 3.32. The maximum atomic E-state index is 6.12. The van der Waals surface area contributed by atoms with Gasteiger partial charge in [-0.1, -0.05) is 19.8 Å². The average molecular weight is 256 g/mol. The Bertz CT molecular complexity index is 233. The predicted molar refractivity (Wildman–Crippen MR) is 77.7 cm³/mol. The highest BCUT2D eigenvalue weighted by Crippen LogP contribution is 2.39. The number of ether oxygens (including phenoxy) is 1. The van der Waals surface area contributed by atoms with Gasteiger partial charge in [0.2, 0.25) is 0 Å². The lowest BCUT2D eigenvalue weighted by Crippen LogP contribution is -2.48. The first-order valence-corrected chi connectivity index (χ1v) is 7.46. The van der Waals surface area contributed by atoms with Crippen molar-refractivity contribution in [2.75, 3.05) is 33.4 Å². The summed E-state index contributed by atoms with van der Waals surface area (Å²) in [5.41, 5.74) is 6.46. The summed E-state index contributed by atoms with van der Waals surface area (Å²) in [5.74, 6) is 0.832. The number of rotatable bonds is 7. The smallest absolute Gasteiger partial charge is 0.0589 e. The van der Waals surface area contributed by atoms with Gasteiger partial charge in [0.05, 0.1) is 6.61 Å². The first-order chi connectivity index (χ1) is 8.53.